The first-order chi connectivity index (χ1) is 15.6. The zero-order chi connectivity index (χ0) is 23.9. The highest BCUT2D eigenvalue weighted by molar-refractivity contribution is 7.93. The molecule has 2 aromatic rings. The summed E-state index contributed by atoms with van der Waals surface area (Å²) >= 11 is 0. The maximum absolute atomic E-state index is 13.5. The van der Waals surface area contributed by atoms with Crippen molar-refractivity contribution in [3.63, 3.8) is 0 Å². The number of carbonyl (C=O) groups is 1. The van der Waals surface area contributed by atoms with E-state index in [9.17, 15) is 31.6 Å². The van der Waals surface area contributed by atoms with E-state index >= 15 is 0 Å². The van der Waals surface area contributed by atoms with Crippen LogP contribution in [0.15, 0.2) is 47.6 Å². The second-order valence-corrected chi connectivity index (χ2v) is 10.4. The van der Waals surface area contributed by atoms with Crippen LogP contribution in [-0.2, 0) is 14.6 Å². The van der Waals surface area contributed by atoms with Crippen LogP contribution in [-0.4, -0.2) is 59.7 Å². The summed E-state index contributed by atoms with van der Waals surface area (Å²) in [5.41, 5.74) is 2.48. The summed E-state index contributed by atoms with van der Waals surface area (Å²) in [6.45, 7) is 0.837. The number of piperidine rings is 1. The van der Waals surface area contributed by atoms with Crippen LogP contribution in [0.4, 0.5) is 13.2 Å². The predicted molar refractivity (Wildman–Crippen MR) is 110 cm³/mol. The van der Waals surface area contributed by atoms with Crippen molar-refractivity contribution in [3.8, 4) is 16.9 Å². The normalized spacial score (nSPS) is 19.2. The number of ether oxygens (including phenoxy) is 1. The summed E-state index contributed by atoms with van der Waals surface area (Å²) in [6, 6.07) is 8.20. The van der Waals surface area contributed by atoms with Gasteiger partial charge in [-0.15, -0.1) is 13.2 Å². The molecule has 8 nitrogen and oxygen atoms in total. The maximum Gasteiger partial charge on any atom is 0.573 e. The Balaban J connectivity index is 1.57. The minimum atomic E-state index is -4.80. The van der Waals surface area contributed by atoms with Gasteiger partial charge in [0.2, 0.25) is 9.84 Å². The van der Waals surface area contributed by atoms with Crippen LogP contribution in [0, 0.1) is 0 Å². The Morgan fingerprint density at radius 3 is 2.18 bits per heavy atom. The van der Waals surface area contributed by atoms with Crippen LogP contribution < -0.4 is 10.2 Å². The molecule has 2 fully saturated rings. The van der Waals surface area contributed by atoms with Gasteiger partial charge < -0.3 is 9.64 Å². The molecule has 2 N–H and O–H groups in total. The third-order valence-electron chi connectivity index (χ3n) is 6.13. The van der Waals surface area contributed by atoms with Crippen LogP contribution in [0.2, 0.25) is 0 Å². The molecule has 1 aromatic carbocycles. The van der Waals surface area contributed by atoms with E-state index in [0.717, 1.165) is 25.0 Å². The zero-order valence-electron chi connectivity index (χ0n) is 17.4. The molecule has 0 spiro atoms. The summed E-state index contributed by atoms with van der Waals surface area (Å²) < 4.78 is 65.9. The van der Waals surface area contributed by atoms with Crippen LogP contribution in [0.3, 0.4) is 0 Å². The van der Waals surface area contributed by atoms with Crippen molar-refractivity contribution < 1.29 is 36.3 Å². The van der Waals surface area contributed by atoms with Gasteiger partial charge in [0.25, 0.3) is 5.91 Å². The van der Waals surface area contributed by atoms with Crippen molar-refractivity contribution in [1.29, 1.82) is 0 Å². The highest BCUT2D eigenvalue weighted by Crippen LogP contribution is 2.39. The number of halogens is 3. The number of amides is 1. The molecule has 1 saturated carbocycles. The van der Waals surface area contributed by atoms with Crippen molar-refractivity contribution in [1.82, 2.24) is 15.4 Å². The van der Waals surface area contributed by atoms with Gasteiger partial charge in [0.1, 0.15) is 5.75 Å². The summed E-state index contributed by atoms with van der Waals surface area (Å²) in [7, 11) is -4.24. The molecule has 0 unspecified atom stereocenters. The number of carbonyl (C=O) groups excluding carboxylic acids is 1. The van der Waals surface area contributed by atoms with E-state index < -0.39 is 26.9 Å². The van der Waals surface area contributed by atoms with Crippen molar-refractivity contribution in [2.24, 2.45) is 0 Å². The van der Waals surface area contributed by atoms with Gasteiger partial charge in [0.05, 0.1) is 0 Å². The van der Waals surface area contributed by atoms with Crippen molar-refractivity contribution >= 4 is 15.7 Å². The lowest BCUT2D eigenvalue weighted by Crippen LogP contribution is -2.58. The topological polar surface area (TPSA) is 109 Å². The highest BCUT2D eigenvalue weighted by Gasteiger charge is 2.54. The largest absolute Gasteiger partial charge is 0.573 e. The summed E-state index contributed by atoms with van der Waals surface area (Å²) in [6.07, 6.45) is -1.36. The molecule has 0 radical (unpaired) electrons. The Labute approximate surface area is 188 Å². The van der Waals surface area contributed by atoms with E-state index in [-0.39, 0.29) is 23.6 Å². The highest BCUT2D eigenvalue weighted by atomic mass is 32.2. The lowest BCUT2D eigenvalue weighted by atomic mass is 9.94. The molecule has 1 aromatic heterocycles. The number of alkyl halides is 3. The minimum Gasteiger partial charge on any atom is -0.406 e. The average Bonchev–Trinajstić information content (AvgIpc) is 3.63. The number of pyridine rings is 1. The number of nitrogens with zero attached hydrogens (tertiary/aromatic N) is 2. The summed E-state index contributed by atoms with van der Waals surface area (Å²) in [5, 5.41) is 8.94. The molecule has 4 rings (SSSR count). The van der Waals surface area contributed by atoms with Gasteiger partial charge in [-0.2, -0.15) is 0 Å². The molecule has 0 bridgehead atoms. The maximum atomic E-state index is 13.5. The van der Waals surface area contributed by atoms with Crippen molar-refractivity contribution in [2.45, 2.75) is 47.9 Å². The number of sulfone groups is 1. The second kappa shape index (κ2) is 8.58. The van der Waals surface area contributed by atoms with Gasteiger partial charge in [-0.1, -0.05) is 12.1 Å². The molecule has 0 atom stereocenters. The Morgan fingerprint density at radius 2 is 1.70 bits per heavy atom. The number of nitrogens with one attached hydrogen (secondary N) is 1. The van der Waals surface area contributed by atoms with E-state index in [4.69, 9.17) is 0 Å². The van der Waals surface area contributed by atoms with E-state index in [1.165, 1.54) is 35.9 Å². The predicted octanol–water partition coefficient (Wildman–Crippen LogP) is 2.92. The first-order valence-electron chi connectivity index (χ1n) is 10.3. The van der Waals surface area contributed by atoms with Gasteiger partial charge >= 0.3 is 6.36 Å². The van der Waals surface area contributed by atoms with Crippen LogP contribution >= 0.6 is 0 Å². The van der Waals surface area contributed by atoms with E-state index in [1.54, 1.807) is 0 Å². The number of benzene rings is 1. The van der Waals surface area contributed by atoms with Gasteiger partial charge in [-0.3, -0.25) is 10.0 Å². The number of hydroxylamine groups is 1. The van der Waals surface area contributed by atoms with Crippen LogP contribution in [0.25, 0.3) is 11.1 Å². The standard InChI is InChI=1S/C21H22F3N3O5S/c22-21(23,24)32-17-6-1-14(2-7-17)15-3-8-18(25-13-15)33(30,31)20(19(28)26-29)9-11-27(12-10-20)16-4-5-16/h1-3,6-8,13,16,29H,4-5,9-12H2,(H,26,28). The van der Waals surface area contributed by atoms with Gasteiger partial charge in [0, 0.05) is 30.9 Å². The monoisotopic (exact) mass is 485 g/mol. The number of hydrogen-bond donors (Lipinski definition) is 2. The molecule has 1 saturated heterocycles. The molecule has 12 heteroatoms. The Bertz CT molecular complexity index is 1110. The third kappa shape index (κ3) is 4.68. The first kappa shape index (κ1) is 23.5. The molecule has 178 valence electrons. The molecular weight excluding hydrogens is 463 g/mol. The number of likely N-dealkylation sites (tertiary alicyclic amines) is 1. The molecule has 1 amide bonds. The summed E-state index contributed by atoms with van der Waals surface area (Å²) in [5.74, 6) is -1.36. The Morgan fingerprint density at radius 1 is 1.09 bits per heavy atom. The molecule has 2 heterocycles. The molecule has 33 heavy (non-hydrogen) atoms. The number of rotatable bonds is 6. The summed E-state index contributed by atoms with van der Waals surface area (Å²) in [4.78, 5) is 18.7. The van der Waals surface area contributed by atoms with E-state index in [2.05, 4.69) is 14.6 Å². The Kier molecular flexibility index (Phi) is 6.10. The van der Waals surface area contributed by atoms with Crippen molar-refractivity contribution in [2.75, 3.05) is 13.1 Å². The quantitative estimate of drug-likeness (QED) is 0.478. The lowest BCUT2D eigenvalue weighted by Gasteiger charge is -2.39. The second-order valence-electron chi connectivity index (χ2n) is 8.16. The van der Waals surface area contributed by atoms with Gasteiger partial charge in [-0.05, 0) is 55.5 Å². The lowest BCUT2D eigenvalue weighted by molar-refractivity contribution is -0.274. The molecule has 1 aliphatic carbocycles. The molecular formula is C21H22F3N3O5S. The average molecular weight is 485 g/mol. The number of hydrogen-bond acceptors (Lipinski definition) is 7. The fourth-order valence-electron chi connectivity index (χ4n) is 4.17. The number of aromatic nitrogens is 1. The van der Waals surface area contributed by atoms with Gasteiger partial charge in [-0.25, -0.2) is 18.9 Å². The minimum absolute atomic E-state index is 0.0301. The van der Waals surface area contributed by atoms with Crippen molar-refractivity contribution in [3.05, 3.63) is 42.6 Å². The third-order valence-corrected chi connectivity index (χ3v) is 8.55. The van der Waals surface area contributed by atoms with Gasteiger partial charge in [0.15, 0.2) is 9.77 Å². The van der Waals surface area contributed by atoms with Crippen LogP contribution in [0.1, 0.15) is 25.7 Å². The van der Waals surface area contributed by atoms with Crippen LogP contribution in [0.5, 0.6) is 5.75 Å². The molecule has 2 aliphatic rings. The first-order valence-corrected chi connectivity index (χ1v) is 11.8. The fourth-order valence-corrected chi connectivity index (χ4v) is 6.02. The fraction of sp³-hybridized carbons (Fsp3) is 0.429. The van der Waals surface area contributed by atoms with E-state index in [0.29, 0.717) is 30.3 Å². The SMILES string of the molecule is O=C(NO)C1(S(=O)(=O)c2ccc(-c3ccc(OC(F)(F)F)cc3)cn2)CCN(C2CC2)CC1. The molecule has 1 aliphatic heterocycles. The zero-order valence-corrected chi connectivity index (χ0v) is 18.2. The Hall–Kier alpha value is -2.70. The smallest absolute Gasteiger partial charge is 0.406 e. The van der Waals surface area contributed by atoms with E-state index in [1.807, 2.05) is 0 Å².